The van der Waals surface area contributed by atoms with Gasteiger partial charge in [-0.3, -0.25) is 9.69 Å². The molecule has 1 amide bonds. The number of guanidine groups is 1. The van der Waals surface area contributed by atoms with Crippen molar-refractivity contribution in [3.8, 4) is 0 Å². The molecular formula is C17H27F3N6OS. The molecule has 1 fully saturated rings. The Hall–Kier alpha value is -1.88. The molecule has 28 heavy (non-hydrogen) atoms. The average Bonchev–Trinajstić information content (AvgIpc) is 3.08. The van der Waals surface area contributed by atoms with E-state index in [1.165, 1.54) is 0 Å². The molecule has 7 nitrogen and oxygen atoms in total. The summed E-state index contributed by atoms with van der Waals surface area (Å²) in [4.78, 5) is 24.1. The molecule has 0 atom stereocenters. The van der Waals surface area contributed by atoms with E-state index in [9.17, 15) is 18.0 Å². The number of aromatic nitrogens is 1. The summed E-state index contributed by atoms with van der Waals surface area (Å²) in [5.74, 6) is 0.658. The summed E-state index contributed by atoms with van der Waals surface area (Å²) >= 11 is 0.958. The first kappa shape index (κ1) is 22.4. The number of nitrogens with zero attached hydrogens (tertiary/aromatic N) is 4. The number of piperazine rings is 1. The van der Waals surface area contributed by atoms with Crippen LogP contribution in [0.3, 0.4) is 0 Å². The molecule has 1 saturated heterocycles. The van der Waals surface area contributed by atoms with Crippen LogP contribution in [0, 0.1) is 0 Å². The van der Waals surface area contributed by atoms with Crippen molar-refractivity contribution in [2.45, 2.75) is 39.5 Å². The SMILES string of the molecule is CCNC(=NCc1nc(C(F)(F)F)cs1)N1CCN(CC(=O)NC(C)C)CC1. The standard InChI is InChI=1S/C17H27F3N6OS/c1-4-21-16(22-9-15-24-13(11-28-15)17(18,19)20)26-7-5-25(6-8-26)10-14(27)23-12(2)3/h11-12H,4-10H2,1-3H3,(H,21,22)(H,23,27). The molecule has 0 unspecified atom stereocenters. The van der Waals surface area contributed by atoms with Crippen LogP contribution >= 0.6 is 11.3 Å². The molecular weight excluding hydrogens is 393 g/mol. The van der Waals surface area contributed by atoms with Crippen molar-refractivity contribution in [1.82, 2.24) is 25.4 Å². The van der Waals surface area contributed by atoms with Gasteiger partial charge in [-0.05, 0) is 20.8 Å². The Morgan fingerprint density at radius 3 is 2.54 bits per heavy atom. The van der Waals surface area contributed by atoms with E-state index in [1.807, 2.05) is 20.8 Å². The second-order valence-corrected chi connectivity index (χ2v) is 7.72. The third kappa shape index (κ3) is 6.93. The first-order valence-electron chi connectivity index (χ1n) is 9.25. The van der Waals surface area contributed by atoms with Crippen LogP contribution in [-0.4, -0.2) is 72.0 Å². The molecule has 0 spiro atoms. The number of rotatable bonds is 6. The summed E-state index contributed by atoms with van der Waals surface area (Å²) in [7, 11) is 0. The molecule has 158 valence electrons. The van der Waals surface area contributed by atoms with Crippen LogP contribution in [0.25, 0.3) is 0 Å². The summed E-state index contributed by atoms with van der Waals surface area (Å²) in [6.07, 6.45) is -4.43. The number of aliphatic imine (C=N–C) groups is 1. The maximum atomic E-state index is 12.7. The van der Waals surface area contributed by atoms with Gasteiger partial charge in [0.2, 0.25) is 5.91 Å². The minimum Gasteiger partial charge on any atom is -0.357 e. The fraction of sp³-hybridized carbons (Fsp3) is 0.706. The zero-order valence-electron chi connectivity index (χ0n) is 16.3. The van der Waals surface area contributed by atoms with Crippen molar-refractivity contribution >= 4 is 23.2 Å². The number of carbonyl (C=O) groups excluding carboxylic acids is 1. The van der Waals surface area contributed by atoms with Crippen LogP contribution in [0.5, 0.6) is 0 Å². The number of carbonyl (C=O) groups is 1. The van der Waals surface area contributed by atoms with Crippen LogP contribution in [0.4, 0.5) is 13.2 Å². The van der Waals surface area contributed by atoms with E-state index in [1.54, 1.807) is 0 Å². The van der Waals surface area contributed by atoms with Gasteiger partial charge < -0.3 is 15.5 Å². The Balaban J connectivity index is 1.91. The monoisotopic (exact) mass is 420 g/mol. The molecule has 0 aliphatic carbocycles. The third-order valence-corrected chi connectivity index (χ3v) is 4.86. The molecule has 1 aromatic heterocycles. The highest BCUT2D eigenvalue weighted by molar-refractivity contribution is 7.09. The zero-order valence-corrected chi connectivity index (χ0v) is 17.2. The van der Waals surface area contributed by atoms with Gasteiger partial charge >= 0.3 is 6.18 Å². The van der Waals surface area contributed by atoms with Crippen molar-refractivity contribution in [2.75, 3.05) is 39.3 Å². The van der Waals surface area contributed by atoms with Gasteiger partial charge in [0.15, 0.2) is 11.7 Å². The lowest BCUT2D eigenvalue weighted by Gasteiger charge is -2.36. The van der Waals surface area contributed by atoms with Gasteiger partial charge in [-0.1, -0.05) is 0 Å². The average molecular weight is 421 g/mol. The van der Waals surface area contributed by atoms with E-state index in [0.29, 0.717) is 50.2 Å². The lowest BCUT2D eigenvalue weighted by Crippen LogP contribution is -2.54. The van der Waals surface area contributed by atoms with E-state index in [-0.39, 0.29) is 18.5 Å². The molecule has 2 N–H and O–H groups in total. The maximum Gasteiger partial charge on any atom is 0.434 e. The van der Waals surface area contributed by atoms with Gasteiger partial charge in [-0.25, -0.2) is 9.98 Å². The minimum absolute atomic E-state index is 0.00765. The molecule has 0 bridgehead atoms. The van der Waals surface area contributed by atoms with Gasteiger partial charge in [0.25, 0.3) is 0 Å². The van der Waals surface area contributed by atoms with Crippen molar-refractivity contribution in [1.29, 1.82) is 0 Å². The quantitative estimate of drug-likeness (QED) is 0.542. The fourth-order valence-electron chi connectivity index (χ4n) is 2.77. The molecule has 0 radical (unpaired) electrons. The van der Waals surface area contributed by atoms with Gasteiger partial charge in [0, 0.05) is 44.1 Å². The molecule has 11 heteroatoms. The summed E-state index contributed by atoms with van der Waals surface area (Å²) in [6.45, 7) is 9.70. The number of nitrogens with one attached hydrogen (secondary N) is 2. The Bertz CT molecular complexity index is 668. The fourth-order valence-corrected chi connectivity index (χ4v) is 3.49. The zero-order chi connectivity index (χ0) is 20.7. The first-order valence-corrected chi connectivity index (χ1v) is 10.1. The second-order valence-electron chi connectivity index (χ2n) is 6.78. The highest BCUT2D eigenvalue weighted by Gasteiger charge is 2.33. The first-order chi connectivity index (χ1) is 13.2. The van der Waals surface area contributed by atoms with Crippen LogP contribution in [0.1, 0.15) is 31.5 Å². The highest BCUT2D eigenvalue weighted by Crippen LogP contribution is 2.30. The topological polar surface area (TPSA) is 72.9 Å². The smallest absolute Gasteiger partial charge is 0.357 e. The molecule has 1 aliphatic rings. The van der Waals surface area contributed by atoms with E-state index in [0.717, 1.165) is 16.7 Å². The third-order valence-electron chi connectivity index (χ3n) is 4.03. The van der Waals surface area contributed by atoms with Crippen LogP contribution in [0.2, 0.25) is 0 Å². The predicted molar refractivity (Wildman–Crippen MR) is 103 cm³/mol. The van der Waals surface area contributed by atoms with E-state index >= 15 is 0 Å². The van der Waals surface area contributed by atoms with Gasteiger partial charge in [-0.2, -0.15) is 13.2 Å². The minimum atomic E-state index is -4.43. The Morgan fingerprint density at radius 1 is 1.32 bits per heavy atom. The number of halogens is 3. The Morgan fingerprint density at radius 2 is 2.00 bits per heavy atom. The van der Waals surface area contributed by atoms with E-state index < -0.39 is 11.9 Å². The number of thiazole rings is 1. The summed E-state index contributed by atoms with van der Waals surface area (Å²) in [5.41, 5.74) is -0.874. The number of hydrogen-bond donors (Lipinski definition) is 2. The second kappa shape index (κ2) is 10.1. The molecule has 2 heterocycles. The summed E-state index contributed by atoms with van der Waals surface area (Å²) in [6, 6.07) is 0.116. The molecule has 0 saturated carbocycles. The Labute approximate surface area is 167 Å². The van der Waals surface area contributed by atoms with Crippen LogP contribution < -0.4 is 10.6 Å². The van der Waals surface area contributed by atoms with Crippen LogP contribution in [-0.2, 0) is 17.5 Å². The number of amides is 1. The number of alkyl halides is 3. The normalized spacial score (nSPS) is 16.5. The van der Waals surface area contributed by atoms with E-state index in [2.05, 4.69) is 30.4 Å². The molecule has 1 aliphatic heterocycles. The predicted octanol–water partition coefficient (Wildman–Crippen LogP) is 1.77. The molecule has 1 aromatic rings. The lowest BCUT2D eigenvalue weighted by atomic mass is 10.3. The van der Waals surface area contributed by atoms with Crippen molar-refractivity contribution in [3.63, 3.8) is 0 Å². The van der Waals surface area contributed by atoms with Gasteiger partial charge in [0.1, 0.15) is 5.01 Å². The lowest BCUT2D eigenvalue weighted by molar-refractivity contribution is -0.140. The molecule has 0 aromatic carbocycles. The van der Waals surface area contributed by atoms with Crippen molar-refractivity contribution in [2.24, 2.45) is 4.99 Å². The van der Waals surface area contributed by atoms with Crippen LogP contribution in [0.15, 0.2) is 10.4 Å². The van der Waals surface area contributed by atoms with Gasteiger partial charge in [0.05, 0.1) is 13.1 Å². The summed E-state index contributed by atoms with van der Waals surface area (Å²) < 4.78 is 38.0. The molecule has 2 rings (SSSR count). The van der Waals surface area contributed by atoms with Crippen molar-refractivity contribution < 1.29 is 18.0 Å². The number of hydrogen-bond acceptors (Lipinski definition) is 5. The van der Waals surface area contributed by atoms with Gasteiger partial charge in [-0.15, -0.1) is 11.3 Å². The largest absolute Gasteiger partial charge is 0.434 e. The maximum absolute atomic E-state index is 12.7. The van der Waals surface area contributed by atoms with E-state index in [4.69, 9.17) is 0 Å². The summed E-state index contributed by atoms with van der Waals surface area (Å²) in [5, 5.41) is 7.39. The highest BCUT2D eigenvalue weighted by atomic mass is 32.1. The Kier molecular flexibility index (Phi) is 8.05. The van der Waals surface area contributed by atoms with Crippen molar-refractivity contribution in [3.05, 3.63) is 16.1 Å².